The number of unbranched alkanes of at least 4 members (excludes halogenated alkanes) is 1. The Morgan fingerprint density at radius 1 is 1.29 bits per heavy atom. The summed E-state index contributed by atoms with van der Waals surface area (Å²) in [6.45, 7) is 7.81. The summed E-state index contributed by atoms with van der Waals surface area (Å²) in [5.41, 5.74) is 5.76. The first kappa shape index (κ1) is 14.8. The first-order valence-electron chi connectivity index (χ1n) is 6.55. The number of thiocarbonyl (C=S) groups is 1. The highest BCUT2D eigenvalue weighted by Crippen LogP contribution is 2.10. The third kappa shape index (κ3) is 4.87. The topological polar surface area (TPSA) is 52.7 Å². The largest absolute Gasteiger partial charge is 0.396 e. The number of nitrogens with two attached hydrogens (primary N) is 1. The van der Waals surface area contributed by atoms with Gasteiger partial charge in [-0.05, 0) is 25.8 Å². The lowest BCUT2D eigenvalue weighted by molar-refractivity contribution is 0.113. The molecule has 4 nitrogen and oxygen atoms in total. The predicted octanol–water partition coefficient (Wildman–Crippen LogP) is 0.441. The van der Waals surface area contributed by atoms with Gasteiger partial charge in [-0.15, -0.1) is 0 Å². The number of piperazine rings is 1. The Morgan fingerprint density at radius 3 is 2.41 bits per heavy atom. The van der Waals surface area contributed by atoms with E-state index < -0.39 is 0 Å². The molecule has 0 bridgehead atoms. The summed E-state index contributed by atoms with van der Waals surface area (Å²) in [7, 11) is 0. The average molecular weight is 259 g/mol. The van der Waals surface area contributed by atoms with Crippen LogP contribution in [0.3, 0.4) is 0 Å². The fraction of sp³-hybridized carbons (Fsp3) is 0.917. The minimum absolute atomic E-state index is 0.268. The summed E-state index contributed by atoms with van der Waals surface area (Å²) in [5.74, 6) is 0. The van der Waals surface area contributed by atoms with Crippen LogP contribution in [0.2, 0.25) is 0 Å². The molecule has 0 amide bonds. The molecule has 17 heavy (non-hydrogen) atoms. The minimum atomic E-state index is 0.268. The van der Waals surface area contributed by atoms with Crippen molar-refractivity contribution in [3.05, 3.63) is 0 Å². The molecule has 1 heterocycles. The Labute approximate surface area is 110 Å². The summed E-state index contributed by atoms with van der Waals surface area (Å²) in [5, 5.41) is 8.75. The molecule has 0 aromatic carbocycles. The first-order valence-corrected chi connectivity index (χ1v) is 6.96. The van der Waals surface area contributed by atoms with Crippen LogP contribution in [-0.4, -0.2) is 65.3 Å². The predicted molar refractivity (Wildman–Crippen MR) is 75.2 cm³/mol. The zero-order valence-electron chi connectivity index (χ0n) is 10.8. The van der Waals surface area contributed by atoms with E-state index in [-0.39, 0.29) is 6.04 Å². The lowest BCUT2D eigenvalue weighted by Gasteiger charge is -2.38. The van der Waals surface area contributed by atoms with Gasteiger partial charge in [-0.25, -0.2) is 0 Å². The van der Waals surface area contributed by atoms with Crippen LogP contribution in [0.25, 0.3) is 0 Å². The number of hydrogen-bond donors (Lipinski definition) is 2. The van der Waals surface area contributed by atoms with Gasteiger partial charge in [0.15, 0.2) is 0 Å². The second kappa shape index (κ2) is 7.97. The van der Waals surface area contributed by atoms with E-state index in [1.807, 2.05) is 0 Å². The Kier molecular flexibility index (Phi) is 6.96. The van der Waals surface area contributed by atoms with Crippen LogP contribution in [0.15, 0.2) is 0 Å². The highest BCUT2D eigenvalue weighted by atomic mass is 32.1. The van der Waals surface area contributed by atoms with Gasteiger partial charge < -0.3 is 15.7 Å². The zero-order valence-corrected chi connectivity index (χ0v) is 11.6. The molecular formula is C12H25N3OS. The van der Waals surface area contributed by atoms with Crippen molar-refractivity contribution >= 4 is 17.2 Å². The van der Waals surface area contributed by atoms with E-state index in [9.17, 15) is 0 Å². The minimum Gasteiger partial charge on any atom is -0.396 e. The molecule has 0 spiro atoms. The van der Waals surface area contributed by atoms with Gasteiger partial charge in [-0.1, -0.05) is 19.1 Å². The van der Waals surface area contributed by atoms with Gasteiger partial charge in [0, 0.05) is 32.8 Å². The lowest BCUT2D eigenvalue weighted by atomic mass is 10.1. The summed E-state index contributed by atoms with van der Waals surface area (Å²) < 4.78 is 0. The highest BCUT2D eigenvalue weighted by molar-refractivity contribution is 7.80. The second-order valence-corrected chi connectivity index (χ2v) is 5.11. The Bertz CT molecular complexity index is 230. The molecule has 0 aromatic heterocycles. The number of rotatable bonds is 7. The quantitative estimate of drug-likeness (QED) is 0.513. The molecule has 1 unspecified atom stereocenters. The number of nitrogens with zero attached hydrogens (tertiary/aromatic N) is 2. The van der Waals surface area contributed by atoms with Crippen molar-refractivity contribution in [2.75, 3.05) is 39.3 Å². The summed E-state index contributed by atoms with van der Waals surface area (Å²) in [6, 6.07) is 0.268. The maximum Gasteiger partial charge on any atom is 0.0901 e. The molecule has 1 rings (SSSR count). The molecule has 1 saturated heterocycles. The van der Waals surface area contributed by atoms with E-state index in [0.29, 0.717) is 11.6 Å². The Balaban J connectivity index is 2.27. The van der Waals surface area contributed by atoms with Crippen molar-refractivity contribution in [1.29, 1.82) is 0 Å². The smallest absolute Gasteiger partial charge is 0.0901 e. The van der Waals surface area contributed by atoms with E-state index in [2.05, 4.69) is 16.7 Å². The fourth-order valence-corrected chi connectivity index (χ4v) is 2.70. The molecule has 1 fully saturated rings. The van der Waals surface area contributed by atoms with Gasteiger partial charge in [0.25, 0.3) is 0 Å². The van der Waals surface area contributed by atoms with Crippen LogP contribution in [0.1, 0.15) is 26.2 Å². The van der Waals surface area contributed by atoms with Crippen LogP contribution in [0, 0.1) is 0 Å². The summed E-state index contributed by atoms with van der Waals surface area (Å²) in [4.78, 5) is 5.48. The van der Waals surface area contributed by atoms with E-state index in [1.54, 1.807) is 0 Å². The van der Waals surface area contributed by atoms with Gasteiger partial charge in [-0.2, -0.15) is 0 Å². The van der Waals surface area contributed by atoms with Crippen LogP contribution >= 0.6 is 12.2 Å². The van der Waals surface area contributed by atoms with E-state index >= 15 is 0 Å². The van der Waals surface area contributed by atoms with E-state index in [1.165, 1.54) is 0 Å². The van der Waals surface area contributed by atoms with Gasteiger partial charge in [0.2, 0.25) is 0 Å². The molecule has 0 radical (unpaired) electrons. The fourth-order valence-electron chi connectivity index (χ4n) is 2.39. The third-order valence-corrected chi connectivity index (χ3v) is 3.72. The van der Waals surface area contributed by atoms with Crippen molar-refractivity contribution in [2.24, 2.45) is 5.73 Å². The van der Waals surface area contributed by atoms with Crippen LogP contribution in [0.5, 0.6) is 0 Å². The second-order valence-electron chi connectivity index (χ2n) is 4.63. The molecule has 100 valence electrons. The Morgan fingerprint density at radius 2 is 1.94 bits per heavy atom. The lowest BCUT2D eigenvalue weighted by Crippen LogP contribution is -2.53. The maximum absolute atomic E-state index is 8.75. The van der Waals surface area contributed by atoms with Crippen molar-refractivity contribution in [2.45, 2.75) is 32.2 Å². The molecule has 1 atom stereocenters. The molecule has 3 N–H and O–H groups in total. The molecule has 0 saturated carbocycles. The van der Waals surface area contributed by atoms with Gasteiger partial charge in [0.1, 0.15) is 0 Å². The molecule has 0 aliphatic carbocycles. The van der Waals surface area contributed by atoms with Crippen molar-refractivity contribution in [3.63, 3.8) is 0 Å². The molecular weight excluding hydrogens is 234 g/mol. The standard InChI is InChI=1S/C12H25N3OS/c1-2-11(12(13)17)15-8-6-14(7-9-15)5-3-4-10-16/h11,16H,2-10H2,1H3,(H2,13,17). The molecule has 1 aliphatic heterocycles. The van der Waals surface area contributed by atoms with Gasteiger partial charge in [0.05, 0.1) is 11.0 Å². The Hall–Kier alpha value is -0.230. The number of aliphatic hydroxyl groups excluding tert-OH is 1. The number of aliphatic hydroxyl groups is 1. The summed E-state index contributed by atoms with van der Waals surface area (Å²) >= 11 is 5.11. The average Bonchev–Trinajstić information content (AvgIpc) is 2.32. The number of hydrogen-bond acceptors (Lipinski definition) is 4. The van der Waals surface area contributed by atoms with Gasteiger partial charge in [-0.3, -0.25) is 4.90 Å². The van der Waals surface area contributed by atoms with Crippen molar-refractivity contribution < 1.29 is 5.11 Å². The van der Waals surface area contributed by atoms with Crippen LogP contribution < -0.4 is 5.73 Å². The normalized spacial score (nSPS) is 20.4. The van der Waals surface area contributed by atoms with Crippen LogP contribution in [0.4, 0.5) is 0 Å². The van der Waals surface area contributed by atoms with E-state index in [4.69, 9.17) is 23.1 Å². The summed E-state index contributed by atoms with van der Waals surface area (Å²) in [6.07, 6.45) is 2.99. The van der Waals surface area contributed by atoms with E-state index in [0.717, 1.165) is 52.0 Å². The third-order valence-electron chi connectivity index (χ3n) is 3.45. The zero-order chi connectivity index (χ0) is 12.7. The molecule has 0 aromatic rings. The maximum atomic E-state index is 8.75. The van der Waals surface area contributed by atoms with Gasteiger partial charge >= 0.3 is 0 Å². The highest BCUT2D eigenvalue weighted by Gasteiger charge is 2.23. The molecule has 1 aliphatic rings. The van der Waals surface area contributed by atoms with Crippen molar-refractivity contribution in [3.8, 4) is 0 Å². The molecule has 5 heteroatoms. The van der Waals surface area contributed by atoms with Crippen LogP contribution in [-0.2, 0) is 0 Å². The SMILES string of the molecule is CCC(C(N)=S)N1CCN(CCCCO)CC1. The van der Waals surface area contributed by atoms with Crippen molar-refractivity contribution in [1.82, 2.24) is 9.80 Å². The monoisotopic (exact) mass is 259 g/mol. The first-order chi connectivity index (χ1) is 8.19.